The van der Waals surface area contributed by atoms with Crippen molar-refractivity contribution < 1.29 is 9.53 Å². The molecule has 0 amide bonds. The summed E-state index contributed by atoms with van der Waals surface area (Å²) >= 11 is 0. The van der Waals surface area contributed by atoms with Crippen LogP contribution in [0.3, 0.4) is 0 Å². The van der Waals surface area contributed by atoms with Gasteiger partial charge in [0, 0.05) is 18.8 Å². The summed E-state index contributed by atoms with van der Waals surface area (Å²) in [5.41, 5.74) is 0.673. The molecule has 0 N–H and O–H groups in total. The summed E-state index contributed by atoms with van der Waals surface area (Å²) in [7, 11) is 1.76. The molecule has 5 nitrogen and oxygen atoms in total. The zero-order chi connectivity index (χ0) is 11.3. The Kier molecular flexibility index (Phi) is 3.63. The molecule has 1 rings (SSSR count). The van der Waals surface area contributed by atoms with Crippen molar-refractivity contribution in [3.05, 3.63) is 23.5 Å². The second kappa shape index (κ2) is 4.96. The number of hydrogen-bond acceptors (Lipinski definition) is 4. The fraction of sp³-hybridized carbons (Fsp3) is 0.300. The van der Waals surface area contributed by atoms with Gasteiger partial charge in [-0.05, 0) is 13.0 Å². The molecule has 78 valence electrons. The molecule has 1 heterocycles. The molecule has 0 aliphatic carbocycles. The largest absolute Gasteiger partial charge is 0.462 e. The third kappa shape index (κ3) is 2.95. The zero-order valence-corrected chi connectivity index (χ0v) is 8.60. The maximum Gasteiger partial charge on any atom is 0.348 e. The Hall–Kier alpha value is -2.09. The van der Waals surface area contributed by atoms with E-state index in [2.05, 4.69) is 5.10 Å². The number of esters is 1. The first-order chi connectivity index (χ1) is 7.17. The minimum absolute atomic E-state index is 0.0233. The Bertz CT molecular complexity index is 426. The molecule has 0 aromatic carbocycles. The van der Waals surface area contributed by atoms with Crippen molar-refractivity contribution in [1.29, 1.82) is 5.26 Å². The van der Waals surface area contributed by atoms with Crippen LogP contribution in [0.4, 0.5) is 0 Å². The topological polar surface area (TPSA) is 67.9 Å². The molecule has 0 bridgehead atoms. The minimum atomic E-state index is -0.608. The lowest BCUT2D eigenvalue weighted by Crippen LogP contribution is -2.05. The predicted molar refractivity (Wildman–Crippen MR) is 53.4 cm³/mol. The van der Waals surface area contributed by atoms with Crippen LogP contribution in [0.15, 0.2) is 18.0 Å². The van der Waals surface area contributed by atoms with E-state index in [1.54, 1.807) is 37.1 Å². The van der Waals surface area contributed by atoms with E-state index in [1.807, 2.05) is 0 Å². The first-order valence-electron chi connectivity index (χ1n) is 4.45. The molecule has 0 saturated carbocycles. The maximum atomic E-state index is 11.2. The van der Waals surface area contributed by atoms with Gasteiger partial charge in [0.05, 0.1) is 12.8 Å². The molecule has 1 aromatic heterocycles. The smallest absolute Gasteiger partial charge is 0.348 e. The van der Waals surface area contributed by atoms with Gasteiger partial charge in [0.15, 0.2) is 0 Å². The van der Waals surface area contributed by atoms with Gasteiger partial charge in [-0.3, -0.25) is 4.68 Å². The molecule has 5 heteroatoms. The fourth-order valence-corrected chi connectivity index (χ4v) is 1.03. The molecule has 0 radical (unpaired) electrons. The predicted octanol–water partition coefficient (Wildman–Crippen LogP) is 0.890. The van der Waals surface area contributed by atoms with E-state index in [0.717, 1.165) is 0 Å². The number of nitriles is 1. The highest BCUT2D eigenvalue weighted by atomic mass is 16.5. The molecule has 0 spiro atoms. The number of carbonyl (C=O) groups is 1. The zero-order valence-electron chi connectivity index (χ0n) is 8.60. The Balaban J connectivity index is 2.88. The summed E-state index contributed by atoms with van der Waals surface area (Å²) in [6.07, 6.45) is 4.72. The Morgan fingerprint density at radius 2 is 2.53 bits per heavy atom. The molecule has 0 aliphatic heterocycles. The average Bonchev–Trinajstić information content (AvgIpc) is 2.61. The third-order valence-corrected chi connectivity index (χ3v) is 1.65. The highest BCUT2D eigenvalue weighted by Gasteiger charge is 2.09. The van der Waals surface area contributed by atoms with Crippen molar-refractivity contribution in [2.45, 2.75) is 6.92 Å². The summed E-state index contributed by atoms with van der Waals surface area (Å²) in [5, 5.41) is 12.7. The lowest BCUT2D eigenvalue weighted by Gasteiger charge is -1.97. The number of carbonyl (C=O) groups excluding carboxylic acids is 1. The number of ether oxygens (including phenoxy) is 1. The van der Waals surface area contributed by atoms with E-state index >= 15 is 0 Å². The Labute approximate surface area is 87.6 Å². The minimum Gasteiger partial charge on any atom is -0.462 e. The van der Waals surface area contributed by atoms with Gasteiger partial charge >= 0.3 is 5.97 Å². The van der Waals surface area contributed by atoms with Crippen LogP contribution in [-0.2, 0) is 16.6 Å². The van der Waals surface area contributed by atoms with Crippen molar-refractivity contribution in [2.75, 3.05) is 6.61 Å². The number of rotatable bonds is 3. The van der Waals surface area contributed by atoms with E-state index in [-0.39, 0.29) is 12.2 Å². The van der Waals surface area contributed by atoms with Crippen LogP contribution in [0.5, 0.6) is 0 Å². The van der Waals surface area contributed by atoms with Crippen LogP contribution in [0.1, 0.15) is 12.5 Å². The molecular weight excluding hydrogens is 194 g/mol. The first kappa shape index (κ1) is 11.0. The molecule has 0 atom stereocenters. The monoisotopic (exact) mass is 205 g/mol. The second-order valence-electron chi connectivity index (χ2n) is 2.84. The second-order valence-corrected chi connectivity index (χ2v) is 2.84. The molecule has 15 heavy (non-hydrogen) atoms. The molecule has 1 aromatic rings. The third-order valence-electron chi connectivity index (χ3n) is 1.65. The molecule has 0 saturated heterocycles. The van der Waals surface area contributed by atoms with Gasteiger partial charge in [-0.25, -0.2) is 4.79 Å². The van der Waals surface area contributed by atoms with Gasteiger partial charge in [0.1, 0.15) is 11.6 Å². The van der Waals surface area contributed by atoms with Gasteiger partial charge in [0.2, 0.25) is 0 Å². The summed E-state index contributed by atoms with van der Waals surface area (Å²) < 4.78 is 6.31. The van der Waals surface area contributed by atoms with Crippen LogP contribution in [0.2, 0.25) is 0 Å². The molecular formula is C10H11N3O2. The summed E-state index contributed by atoms with van der Waals surface area (Å²) in [5.74, 6) is -0.608. The number of hydrogen-bond donors (Lipinski definition) is 0. The van der Waals surface area contributed by atoms with Crippen LogP contribution in [-0.4, -0.2) is 22.4 Å². The van der Waals surface area contributed by atoms with Crippen molar-refractivity contribution in [3.63, 3.8) is 0 Å². The number of aromatic nitrogens is 2. The SMILES string of the molecule is CCOC(=O)C(C#N)=Cc1cnn(C)c1. The van der Waals surface area contributed by atoms with Crippen molar-refractivity contribution in [1.82, 2.24) is 9.78 Å². The van der Waals surface area contributed by atoms with Gasteiger partial charge in [-0.1, -0.05) is 0 Å². The van der Waals surface area contributed by atoms with Crippen molar-refractivity contribution >= 4 is 12.0 Å². The van der Waals surface area contributed by atoms with E-state index < -0.39 is 5.97 Å². The standard InChI is InChI=1S/C10H11N3O2/c1-3-15-10(14)9(5-11)4-8-6-12-13(2)7-8/h4,6-7H,3H2,1-2H3. The lowest BCUT2D eigenvalue weighted by atomic mass is 10.2. The Morgan fingerprint density at radius 3 is 3.00 bits per heavy atom. The Morgan fingerprint density at radius 1 is 1.80 bits per heavy atom. The molecule has 0 unspecified atom stereocenters. The van der Waals surface area contributed by atoms with E-state index in [4.69, 9.17) is 10.00 Å². The van der Waals surface area contributed by atoms with Crippen LogP contribution in [0.25, 0.3) is 6.08 Å². The van der Waals surface area contributed by atoms with E-state index in [1.165, 1.54) is 6.08 Å². The summed E-state index contributed by atoms with van der Waals surface area (Å²) in [4.78, 5) is 11.2. The summed E-state index contributed by atoms with van der Waals surface area (Å²) in [6.45, 7) is 1.95. The molecule has 0 aliphatic rings. The number of nitrogens with zero attached hydrogens (tertiary/aromatic N) is 3. The van der Waals surface area contributed by atoms with Crippen LogP contribution >= 0.6 is 0 Å². The quantitative estimate of drug-likeness (QED) is 0.417. The number of aryl methyl sites for hydroxylation is 1. The van der Waals surface area contributed by atoms with Gasteiger partial charge in [-0.15, -0.1) is 0 Å². The van der Waals surface area contributed by atoms with E-state index in [9.17, 15) is 4.79 Å². The highest BCUT2D eigenvalue weighted by molar-refractivity contribution is 5.97. The van der Waals surface area contributed by atoms with Gasteiger partial charge in [-0.2, -0.15) is 10.4 Å². The molecule has 0 fully saturated rings. The lowest BCUT2D eigenvalue weighted by molar-refractivity contribution is -0.137. The van der Waals surface area contributed by atoms with Crippen molar-refractivity contribution in [2.24, 2.45) is 7.05 Å². The average molecular weight is 205 g/mol. The van der Waals surface area contributed by atoms with E-state index in [0.29, 0.717) is 5.56 Å². The van der Waals surface area contributed by atoms with Crippen molar-refractivity contribution in [3.8, 4) is 6.07 Å². The first-order valence-corrected chi connectivity index (χ1v) is 4.45. The van der Waals surface area contributed by atoms with Crippen LogP contribution in [0, 0.1) is 11.3 Å². The maximum absolute atomic E-state index is 11.2. The normalized spacial score (nSPS) is 10.9. The van der Waals surface area contributed by atoms with Crippen LogP contribution < -0.4 is 0 Å². The summed E-state index contributed by atoms with van der Waals surface area (Å²) in [6, 6.07) is 1.79. The van der Waals surface area contributed by atoms with Gasteiger partial charge in [0.25, 0.3) is 0 Å². The highest BCUT2D eigenvalue weighted by Crippen LogP contribution is 2.06. The fourth-order valence-electron chi connectivity index (χ4n) is 1.03. The van der Waals surface area contributed by atoms with Gasteiger partial charge < -0.3 is 4.74 Å².